The molecule has 1 rings (SSSR count). The Morgan fingerprint density at radius 1 is 1.44 bits per heavy atom. The average Bonchev–Trinajstić information content (AvgIpc) is 2.35. The third-order valence-corrected chi connectivity index (χ3v) is 2.49. The maximum atomic E-state index is 11.9. The molecule has 0 saturated carbocycles. The van der Waals surface area contributed by atoms with Crippen LogP contribution in [0.1, 0.15) is 23.7 Å². The molecule has 0 aliphatic heterocycles. The molecule has 0 spiro atoms. The lowest BCUT2D eigenvalue weighted by atomic mass is 10.1. The summed E-state index contributed by atoms with van der Waals surface area (Å²) in [6, 6.07) is 7.10. The van der Waals surface area contributed by atoms with Crippen molar-refractivity contribution < 1.29 is 9.90 Å². The molecule has 1 amide bonds. The lowest BCUT2D eigenvalue weighted by molar-refractivity contribution is 0.0916. The van der Waals surface area contributed by atoms with Gasteiger partial charge in [-0.2, -0.15) is 0 Å². The molecule has 0 aliphatic carbocycles. The van der Waals surface area contributed by atoms with Gasteiger partial charge in [0.2, 0.25) is 0 Å². The topological polar surface area (TPSA) is 61.4 Å². The predicted molar refractivity (Wildman–Crippen MR) is 64.6 cm³/mol. The van der Waals surface area contributed by atoms with Gasteiger partial charge in [-0.1, -0.05) is 19.1 Å². The van der Waals surface area contributed by atoms with Crippen LogP contribution < -0.4 is 10.6 Å². The van der Waals surface area contributed by atoms with Gasteiger partial charge in [0.05, 0.1) is 18.2 Å². The second-order valence-corrected chi connectivity index (χ2v) is 3.56. The van der Waals surface area contributed by atoms with E-state index >= 15 is 0 Å². The van der Waals surface area contributed by atoms with Crippen LogP contribution in [0.2, 0.25) is 0 Å². The number of benzene rings is 1. The van der Waals surface area contributed by atoms with Crippen molar-refractivity contribution >= 4 is 11.6 Å². The molecular formula is C12H18N2O2. The van der Waals surface area contributed by atoms with Gasteiger partial charge in [-0.15, -0.1) is 0 Å². The fraction of sp³-hybridized carbons (Fsp3) is 0.417. The quantitative estimate of drug-likeness (QED) is 0.702. The van der Waals surface area contributed by atoms with E-state index in [1.165, 1.54) is 0 Å². The normalized spacial score (nSPS) is 11.9. The van der Waals surface area contributed by atoms with E-state index in [1.54, 1.807) is 13.1 Å². The molecular weight excluding hydrogens is 204 g/mol. The zero-order valence-electron chi connectivity index (χ0n) is 9.66. The second-order valence-electron chi connectivity index (χ2n) is 3.56. The number of rotatable bonds is 5. The zero-order chi connectivity index (χ0) is 12.0. The van der Waals surface area contributed by atoms with Gasteiger partial charge in [-0.3, -0.25) is 4.79 Å². The van der Waals surface area contributed by atoms with Crippen LogP contribution in [-0.4, -0.2) is 30.7 Å². The Bertz CT molecular complexity index is 349. The van der Waals surface area contributed by atoms with Crippen LogP contribution in [0.5, 0.6) is 0 Å². The summed E-state index contributed by atoms with van der Waals surface area (Å²) in [5.41, 5.74) is 1.38. The molecule has 1 aromatic carbocycles. The lowest BCUT2D eigenvalue weighted by Crippen LogP contribution is -2.37. The predicted octanol–water partition coefficient (Wildman–Crippen LogP) is 1.23. The molecule has 4 nitrogen and oxygen atoms in total. The van der Waals surface area contributed by atoms with Crippen LogP contribution in [0, 0.1) is 0 Å². The number of carbonyl (C=O) groups excluding carboxylic acids is 1. The van der Waals surface area contributed by atoms with E-state index in [1.807, 2.05) is 25.1 Å². The first-order valence-electron chi connectivity index (χ1n) is 5.41. The van der Waals surface area contributed by atoms with Gasteiger partial charge >= 0.3 is 0 Å². The summed E-state index contributed by atoms with van der Waals surface area (Å²) in [6.45, 7) is 1.88. The number of aliphatic hydroxyl groups is 1. The van der Waals surface area contributed by atoms with Gasteiger partial charge in [0.15, 0.2) is 0 Å². The SMILES string of the molecule is CCC(CO)NC(=O)c1ccccc1NC. The Morgan fingerprint density at radius 3 is 2.69 bits per heavy atom. The van der Waals surface area contributed by atoms with E-state index in [0.717, 1.165) is 5.69 Å². The largest absolute Gasteiger partial charge is 0.394 e. The van der Waals surface area contributed by atoms with Crippen LogP contribution in [0.15, 0.2) is 24.3 Å². The number of hydrogen-bond donors (Lipinski definition) is 3. The average molecular weight is 222 g/mol. The molecule has 0 aromatic heterocycles. The van der Waals surface area contributed by atoms with Gasteiger partial charge in [0.25, 0.3) is 5.91 Å². The van der Waals surface area contributed by atoms with Crippen molar-refractivity contribution in [2.45, 2.75) is 19.4 Å². The van der Waals surface area contributed by atoms with E-state index in [2.05, 4.69) is 10.6 Å². The van der Waals surface area contributed by atoms with E-state index in [-0.39, 0.29) is 18.6 Å². The van der Waals surface area contributed by atoms with Crippen molar-refractivity contribution in [1.82, 2.24) is 5.32 Å². The molecule has 3 N–H and O–H groups in total. The summed E-state index contributed by atoms with van der Waals surface area (Å²) in [5.74, 6) is -0.161. The van der Waals surface area contributed by atoms with E-state index in [0.29, 0.717) is 12.0 Å². The molecule has 0 bridgehead atoms. The van der Waals surface area contributed by atoms with E-state index in [4.69, 9.17) is 5.11 Å². The Morgan fingerprint density at radius 2 is 2.12 bits per heavy atom. The highest BCUT2D eigenvalue weighted by Gasteiger charge is 2.13. The third-order valence-electron chi connectivity index (χ3n) is 2.49. The summed E-state index contributed by atoms with van der Waals surface area (Å²) in [5, 5.41) is 14.8. The highest BCUT2D eigenvalue weighted by atomic mass is 16.3. The Hall–Kier alpha value is -1.55. The van der Waals surface area contributed by atoms with Crippen molar-refractivity contribution in [1.29, 1.82) is 0 Å². The fourth-order valence-electron chi connectivity index (χ4n) is 1.44. The van der Waals surface area contributed by atoms with Crippen molar-refractivity contribution in [2.75, 3.05) is 19.0 Å². The first-order valence-corrected chi connectivity index (χ1v) is 5.41. The molecule has 0 fully saturated rings. The van der Waals surface area contributed by atoms with Crippen molar-refractivity contribution in [3.63, 3.8) is 0 Å². The summed E-state index contributed by atoms with van der Waals surface area (Å²) >= 11 is 0. The summed E-state index contributed by atoms with van der Waals surface area (Å²) in [7, 11) is 1.77. The van der Waals surface area contributed by atoms with Crippen LogP contribution in [0.4, 0.5) is 5.69 Å². The number of anilines is 1. The Balaban J connectivity index is 2.79. The summed E-state index contributed by atoms with van der Waals surface area (Å²) in [6.07, 6.45) is 0.712. The Labute approximate surface area is 95.7 Å². The Kier molecular flexibility index (Phi) is 4.79. The highest BCUT2D eigenvalue weighted by Crippen LogP contribution is 2.14. The molecule has 0 radical (unpaired) electrons. The summed E-state index contributed by atoms with van der Waals surface area (Å²) < 4.78 is 0. The molecule has 4 heteroatoms. The molecule has 1 aromatic rings. The monoisotopic (exact) mass is 222 g/mol. The highest BCUT2D eigenvalue weighted by molar-refractivity contribution is 5.99. The first-order chi connectivity index (χ1) is 7.72. The van der Waals surface area contributed by atoms with E-state index < -0.39 is 0 Å². The molecule has 0 heterocycles. The van der Waals surface area contributed by atoms with Gasteiger partial charge in [-0.05, 0) is 18.6 Å². The smallest absolute Gasteiger partial charge is 0.253 e. The molecule has 0 aliphatic rings. The third kappa shape index (κ3) is 2.97. The molecule has 88 valence electrons. The minimum Gasteiger partial charge on any atom is -0.394 e. The summed E-state index contributed by atoms with van der Waals surface area (Å²) in [4.78, 5) is 11.9. The number of carbonyl (C=O) groups is 1. The maximum absolute atomic E-state index is 11.9. The van der Waals surface area contributed by atoms with Gasteiger partial charge < -0.3 is 15.7 Å². The van der Waals surface area contributed by atoms with Crippen LogP contribution in [0.25, 0.3) is 0 Å². The zero-order valence-corrected chi connectivity index (χ0v) is 9.66. The van der Waals surface area contributed by atoms with E-state index in [9.17, 15) is 4.79 Å². The lowest BCUT2D eigenvalue weighted by Gasteiger charge is -2.15. The van der Waals surface area contributed by atoms with Gasteiger partial charge in [0, 0.05) is 12.7 Å². The number of hydrogen-bond acceptors (Lipinski definition) is 3. The number of nitrogens with one attached hydrogen (secondary N) is 2. The number of amides is 1. The van der Waals surface area contributed by atoms with Gasteiger partial charge in [0.1, 0.15) is 0 Å². The molecule has 0 saturated heterocycles. The molecule has 1 atom stereocenters. The number of aliphatic hydroxyl groups excluding tert-OH is 1. The van der Waals surface area contributed by atoms with Gasteiger partial charge in [-0.25, -0.2) is 0 Å². The maximum Gasteiger partial charge on any atom is 0.253 e. The molecule has 16 heavy (non-hydrogen) atoms. The van der Waals surface area contributed by atoms with Crippen molar-refractivity contribution in [3.05, 3.63) is 29.8 Å². The van der Waals surface area contributed by atoms with Crippen LogP contribution >= 0.6 is 0 Å². The minimum atomic E-state index is -0.183. The first kappa shape index (κ1) is 12.5. The standard InChI is InChI=1S/C12H18N2O2/c1-3-9(8-15)14-12(16)10-6-4-5-7-11(10)13-2/h4-7,9,13,15H,3,8H2,1-2H3,(H,14,16). The van der Waals surface area contributed by atoms with Crippen LogP contribution in [0.3, 0.4) is 0 Å². The van der Waals surface area contributed by atoms with Crippen molar-refractivity contribution in [2.24, 2.45) is 0 Å². The second kappa shape index (κ2) is 6.12. The fourth-order valence-corrected chi connectivity index (χ4v) is 1.44. The van der Waals surface area contributed by atoms with Crippen molar-refractivity contribution in [3.8, 4) is 0 Å². The minimum absolute atomic E-state index is 0.0377. The molecule has 1 unspecified atom stereocenters. The van der Waals surface area contributed by atoms with Crippen LogP contribution in [-0.2, 0) is 0 Å². The number of para-hydroxylation sites is 1.